The van der Waals surface area contributed by atoms with Gasteiger partial charge in [-0.3, -0.25) is 9.69 Å². The molecular formula is C14H14F3NO2. The maximum atomic E-state index is 12.6. The molecule has 0 fully saturated rings. The first-order valence-electron chi connectivity index (χ1n) is 6.02. The van der Waals surface area contributed by atoms with Gasteiger partial charge in [0, 0.05) is 10.9 Å². The van der Waals surface area contributed by atoms with Crippen molar-refractivity contribution >= 4 is 16.8 Å². The van der Waals surface area contributed by atoms with Gasteiger partial charge in [-0.25, -0.2) is 0 Å². The molecule has 0 saturated heterocycles. The van der Waals surface area contributed by atoms with Gasteiger partial charge in [0.1, 0.15) is 5.58 Å². The Morgan fingerprint density at radius 3 is 2.60 bits per heavy atom. The van der Waals surface area contributed by atoms with Crippen LogP contribution in [0.3, 0.4) is 0 Å². The smallest absolute Gasteiger partial charge is 0.391 e. The highest BCUT2D eigenvalue weighted by atomic mass is 19.4. The second kappa shape index (κ2) is 5.28. The van der Waals surface area contributed by atoms with Crippen LogP contribution in [0, 0.1) is 0 Å². The normalized spacial score (nSPS) is 13.9. The number of benzene rings is 1. The lowest BCUT2D eigenvalue weighted by Gasteiger charge is -2.24. The molecule has 1 heterocycles. The molecule has 1 aromatic heterocycles. The number of Topliss-reactive ketones (excluding diaryl/α,β-unsaturated/α-hetero) is 1. The van der Waals surface area contributed by atoms with Crippen molar-refractivity contribution in [1.29, 1.82) is 0 Å². The zero-order valence-electron chi connectivity index (χ0n) is 11.1. The molecule has 0 aliphatic carbocycles. The van der Waals surface area contributed by atoms with Gasteiger partial charge in [0.2, 0.25) is 0 Å². The third kappa shape index (κ3) is 3.19. The van der Waals surface area contributed by atoms with Crippen molar-refractivity contribution < 1.29 is 22.4 Å². The molecule has 0 amide bonds. The zero-order valence-corrected chi connectivity index (χ0v) is 11.1. The topological polar surface area (TPSA) is 33.5 Å². The average Bonchev–Trinajstić information content (AvgIpc) is 2.80. The summed E-state index contributed by atoms with van der Waals surface area (Å²) in [6.07, 6.45) is -4.08. The largest absolute Gasteiger partial charge is 0.464 e. The van der Waals surface area contributed by atoms with Crippen LogP contribution in [0.15, 0.2) is 34.9 Å². The van der Waals surface area contributed by atoms with E-state index in [1.807, 2.05) is 0 Å². The van der Waals surface area contributed by atoms with Gasteiger partial charge in [-0.15, -0.1) is 0 Å². The van der Waals surface area contributed by atoms with Gasteiger partial charge < -0.3 is 4.42 Å². The Labute approximate surface area is 114 Å². The standard InChI is InChI=1S/C14H14F3NO2/c1-18(2)11(8-14(15,16)17)13(19)10-3-4-12-9(7-10)5-6-20-12/h3-7,11H,8H2,1-2H3. The summed E-state index contributed by atoms with van der Waals surface area (Å²) in [5.41, 5.74) is 0.848. The van der Waals surface area contributed by atoms with Crippen LogP contribution >= 0.6 is 0 Å². The molecule has 2 rings (SSSR count). The highest BCUT2D eigenvalue weighted by Crippen LogP contribution is 2.26. The molecule has 0 aliphatic rings. The number of fused-ring (bicyclic) bond motifs is 1. The van der Waals surface area contributed by atoms with Crippen molar-refractivity contribution in [2.24, 2.45) is 0 Å². The first-order chi connectivity index (χ1) is 9.28. The predicted octanol–water partition coefficient (Wildman–Crippen LogP) is 3.50. The summed E-state index contributed by atoms with van der Waals surface area (Å²) in [6.45, 7) is 0. The van der Waals surface area contributed by atoms with Gasteiger partial charge >= 0.3 is 6.18 Å². The van der Waals surface area contributed by atoms with Crippen LogP contribution in [-0.2, 0) is 0 Å². The second-order valence-corrected chi connectivity index (χ2v) is 4.84. The van der Waals surface area contributed by atoms with Crippen molar-refractivity contribution in [3.63, 3.8) is 0 Å². The van der Waals surface area contributed by atoms with Crippen LogP contribution in [0.1, 0.15) is 16.8 Å². The fourth-order valence-corrected chi connectivity index (χ4v) is 2.04. The van der Waals surface area contributed by atoms with Crippen LogP contribution in [0.4, 0.5) is 13.2 Å². The molecule has 0 radical (unpaired) electrons. The SMILES string of the molecule is CN(C)C(CC(F)(F)F)C(=O)c1ccc2occc2c1. The van der Waals surface area contributed by atoms with Crippen LogP contribution in [0.25, 0.3) is 11.0 Å². The maximum absolute atomic E-state index is 12.6. The van der Waals surface area contributed by atoms with Crippen molar-refractivity contribution in [2.45, 2.75) is 18.6 Å². The Morgan fingerprint density at radius 1 is 1.30 bits per heavy atom. The fraction of sp³-hybridized carbons (Fsp3) is 0.357. The lowest BCUT2D eigenvalue weighted by atomic mass is 9.99. The second-order valence-electron chi connectivity index (χ2n) is 4.84. The number of hydrogen-bond acceptors (Lipinski definition) is 3. The summed E-state index contributed by atoms with van der Waals surface area (Å²) in [5, 5.41) is 0.695. The van der Waals surface area contributed by atoms with Gasteiger partial charge in [0.05, 0.1) is 18.7 Å². The van der Waals surface area contributed by atoms with Gasteiger partial charge in [-0.05, 0) is 38.4 Å². The Balaban J connectivity index is 2.30. The summed E-state index contributed by atoms with van der Waals surface area (Å²) in [6, 6.07) is 5.07. The highest BCUT2D eigenvalue weighted by molar-refractivity contribution is 6.02. The summed E-state index contributed by atoms with van der Waals surface area (Å²) >= 11 is 0. The van der Waals surface area contributed by atoms with E-state index in [0.29, 0.717) is 11.0 Å². The van der Waals surface area contributed by atoms with Crippen LogP contribution in [-0.4, -0.2) is 37.0 Å². The molecule has 20 heavy (non-hydrogen) atoms. The molecule has 1 unspecified atom stereocenters. The van der Waals surface area contributed by atoms with Crippen LogP contribution in [0.2, 0.25) is 0 Å². The lowest BCUT2D eigenvalue weighted by molar-refractivity contribution is -0.142. The predicted molar refractivity (Wildman–Crippen MR) is 68.7 cm³/mol. The van der Waals surface area contributed by atoms with E-state index in [9.17, 15) is 18.0 Å². The van der Waals surface area contributed by atoms with Crippen LogP contribution in [0.5, 0.6) is 0 Å². The Bertz CT molecular complexity index is 616. The van der Waals surface area contributed by atoms with Gasteiger partial charge in [-0.1, -0.05) is 0 Å². The number of ketones is 1. The minimum absolute atomic E-state index is 0.252. The zero-order chi connectivity index (χ0) is 14.9. The molecule has 1 aromatic carbocycles. The molecule has 6 heteroatoms. The number of rotatable bonds is 4. The molecule has 0 spiro atoms. The Morgan fingerprint density at radius 2 is 2.00 bits per heavy atom. The molecular weight excluding hydrogens is 271 g/mol. The number of alkyl halides is 3. The van der Waals surface area contributed by atoms with E-state index in [-0.39, 0.29) is 5.56 Å². The third-order valence-electron chi connectivity index (χ3n) is 3.09. The van der Waals surface area contributed by atoms with Crippen molar-refractivity contribution in [2.75, 3.05) is 14.1 Å². The minimum Gasteiger partial charge on any atom is -0.464 e. The monoisotopic (exact) mass is 285 g/mol. The van der Waals surface area contributed by atoms with Crippen molar-refractivity contribution in [3.8, 4) is 0 Å². The molecule has 0 bridgehead atoms. The number of likely N-dealkylation sites (N-methyl/N-ethyl adjacent to an activating group) is 1. The average molecular weight is 285 g/mol. The molecule has 2 aromatic rings. The first kappa shape index (κ1) is 14.6. The maximum Gasteiger partial charge on any atom is 0.391 e. The summed E-state index contributed by atoms with van der Waals surface area (Å²) < 4.78 is 42.8. The number of carbonyl (C=O) groups is 1. The van der Waals surface area contributed by atoms with Crippen molar-refractivity contribution in [1.82, 2.24) is 4.90 Å². The van der Waals surface area contributed by atoms with Gasteiger partial charge in [0.25, 0.3) is 0 Å². The van der Waals surface area contributed by atoms with E-state index in [0.717, 1.165) is 0 Å². The summed E-state index contributed by atoms with van der Waals surface area (Å²) in [4.78, 5) is 13.5. The fourth-order valence-electron chi connectivity index (χ4n) is 2.04. The number of nitrogens with zero attached hydrogens (tertiary/aromatic N) is 1. The molecule has 3 nitrogen and oxygen atoms in total. The summed E-state index contributed by atoms with van der Waals surface area (Å²) in [7, 11) is 2.93. The van der Waals surface area contributed by atoms with Gasteiger partial charge in [0.15, 0.2) is 5.78 Å². The van der Waals surface area contributed by atoms with E-state index in [1.165, 1.54) is 31.3 Å². The van der Waals surface area contributed by atoms with E-state index in [4.69, 9.17) is 4.42 Å². The van der Waals surface area contributed by atoms with Crippen molar-refractivity contribution in [3.05, 3.63) is 36.1 Å². The Kier molecular flexibility index (Phi) is 3.85. The molecule has 108 valence electrons. The third-order valence-corrected chi connectivity index (χ3v) is 3.09. The number of halogens is 3. The highest BCUT2D eigenvalue weighted by Gasteiger charge is 2.36. The number of hydrogen-bond donors (Lipinski definition) is 0. The van der Waals surface area contributed by atoms with Crippen LogP contribution < -0.4 is 0 Å². The number of carbonyl (C=O) groups excluding carboxylic acids is 1. The molecule has 0 N–H and O–H groups in total. The van der Waals surface area contributed by atoms with Gasteiger partial charge in [-0.2, -0.15) is 13.2 Å². The van der Waals surface area contributed by atoms with E-state index >= 15 is 0 Å². The summed E-state index contributed by atoms with van der Waals surface area (Å²) in [5.74, 6) is -0.546. The molecule has 1 atom stereocenters. The molecule has 0 saturated carbocycles. The lowest BCUT2D eigenvalue weighted by Crippen LogP contribution is -2.39. The Hall–Kier alpha value is -1.82. The number of furan rings is 1. The minimum atomic E-state index is -4.38. The van der Waals surface area contributed by atoms with E-state index < -0.39 is 24.4 Å². The van der Waals surface area contributed by atoms with E-state index in [2.05, 4.69) is 0 Å². The first-order valence-corrected chi connectivity index (χ1v) is 6.02. The van der Waals surface area contributed by atoms with E-state index in [1.54, 1.807) is 18.2 Å². The molecule has 0 aliphatic heterocycles. The quantitative estimate of drug-likeness (QED) is 0.806.